The minimum Gasteiger partial charge on any atom is -0.368 e. The minimum absolute atomic E-state index is 0.164. The lowest BCUT2D eigenvalue weighted by molar-refractivity contribution is -0.157. The third kappa shape index (κ3) is 3.30. The molecule has 2 fully saturated rings. The van der Waals surface area contributed by atoms with E-state index in [9.17, 15) is 4.79 Å². The number of piperazine rings is 1. The molecule has 6 heteroatoms. The van der Waals surface area contributed by atoms with Crippen molar-refractivity contribution in [2.75, 3.05) is 33.3 Å². The Morgan fingerprint density at radius 2 is 2.00 bits per heavy atom. The van der Waals surface area contributed by atoms with Gasteiger partial charge in [0.05, 0.1) is 16.8 Å². The maximum absolute atomic E-state index is 12.9. The van der Waals surface area contributed by atoms with Crippen molar-refractivity contribution in [2.45, 2.75) is 31.9 Å². The Kier molecular flexibility index (Phi) is 4.52. The molecule has 2 heterocycles. The summed E-state index contributed by atoms with van der Waals surface area (Å²) in [7, 11) is 1.67. The minimum atomic E-state index is -0.630. The quantitative estimate of drug-likeness (QED) is 0.823. The molecule has 2 aromatic rings. The van der Waals surface area contributed by atoms with Crippen molar-refractivity contribution >= 4 is 27.5 Å². The van der Waals surface area contributed by atoms with Crippen molar-refractivity contribution in [3.8, 4) is 0 Å². The number of hydrogen-bond acceptors (Lipinski definition) is 5. The van der Waals surface area contributed by atoms with Gasteiger partial charge in [0.1, 0.15) is 10.6 Å². The average Bonchev–Trinajstić information content (AvgIpc) is 3.42. The molecule has 1 saturated carbocycles. The molecule has 1 aromatic heterocycles. The first-order valence-electron chi connectivity index (χ1n) is 9.01. The molecule has 1 amide bonds. The zero-order chi connectivity index (χ0) is 17.4. The Bertz CT molecular complexity index is 732. The number of carbonyl (C=O) groups excluding carboxylic acids is 1. The third-order valence-corrected chi connectivity index (χ3v) is 6.58. The summed E-state index contributed by atoms with van der Waals surface area (Å²) in [6, 6.07) is 8.27. The summed E-state index contributed by atoms with van der Waals surface area (Å²) in [5.74, 6) is 0.558. The van der Waals surface area contributed by atoms with Crippen LogP contribution < -0.4 is 0 Å². The van der Waals surface area contributed by atoms with Crippen LogP contribution in [0.2, 0.25) is 0 Å². The Labute approximate surface area is 152 Å². The van der Waals surface area contributed by atoms with Crippen LogP contribution in [0, 0.1) is 5.92 Å². The van der Waals surface area contributed by atoms with E-state index in [0.717, 1.165) is 56.1 Å². The van der Waals surface area contributed by atoms with E-state index in [-0.39, 0.29) is 5.91 Å². The van der Waals surface area contributed by atoms with E-state index >= 15 is 0 Å². The molecule has 134 valence electrons. The lowest BCUT2D eigenvalue weighted by atomic mass is 9.97. The number of para-hydroxylation sites is 1. The second-order valence-corrected chi connectivity index (χ2v) is 8.34. The van der Waals surface area contributed by atoms with Gasteiger partial charge in [0.2, 0.25) is 0 Å². The summed E-state index contributed by atoms with van der Waals surface area (Å²) in [5.41, 5.74) is 0.450. The van der Waals surface area contributed by atoms with E-state index in [1.54, 1.807) is 18.4 Å². The van der Waals surface area contributed by atoms with Gasteiger partial charge in [-0.1, -0.05) is 12.1 Å². The summed E-state index contributed by atoms with van der Waals surface area (Å²) in [6.07, 6.45) is 2.21. The van der Waals surface area contributed by atoms with E-state index in [2.05, 4.69) is 23.1 Å². The van der Waals surface area contributed by atoms with Gasteiger partial charge in [-0.3, -0.25) is 9.69 Å². The Morgan fingerprint density at radius 1 is 1.28 bits per heavy atom. The van der Waals surface area contributed by atoms with Gasteiger partial charge in [-0.05, 0) is 37.8 Å². The van der Waals surface area contributed by atoms with Crippen LogP contribution >= 0.6 is 11.3 Å². The fourth-order valence-electron chi connectivity index (χ4n) is 3.66. The van der Waals surface area contributed by atoms with E-state index in [0.29, 0.717) is 5.92 Å². The summed E-state index contributed by atoms with van der Waals surface area (Å²) in [4.78, 5) is 22.0. The summed E-state index contributed by atoms with van der Waals surface area (Å²) in [6.45, 7) is 6.16. The number of methoxy groups -OCH3 is 1. The van der Waals surface area contributed by atoms with Crippen molar-refractivity contribution in [2.24, 2.45) is 5.92 Å². The predicted molar refractivity (Wildman–Crippen MR) is 99.6 cm³/mol. The third-order valence-electron chi connectivity index (χ3n) is 5.56. The molecule has 0 bridgehead atoms. The second kappa shape index (κ2) is 6.67. The van der Waals surface area contributed by atoms with Gasteiger partial charge >= 0.3 is 0 Å². The summed E-state index contributed by atoms with van der Waals surface area (Å²) >= 11 is 1.76. The normalized spacial score (nSPS) is 21.4. The number of fused-ring (bicyclic) bond motifs is 1. The highest BCUT2D eigenvalue weighted by Crippen LogP contribution is 2.42. The molecule has 4 rings (SSSR count). The predicted octanol–water partition coefficient (Wildman–Crippen LogP) is 2.76. The molecule has 25 heavy (non-hydrogen) atoms. The molecule has 1 aliphatic carbocycles. The lowest BCUT2D eigenvalue weighted by Gasteiger charge is -2.39. The molecule has 5 nitrogen and oxygen atoms in total. The van der Waals surface area contributed by atoms with Gasteiger partial charge in [-0.2, -0.15) is 0 Å². The number of thiazole rings is 1. The van der Waals surface area contributed by atoms with Crippen LogP contribution in [0.25, 0.3) is 10.2 Å². The van der Waals surface area contributed by atoms with E-state index in [4.69, 9.17) is 9.72 Å². The van der Waals surface area contributed by atoms with Gasteiger partial charge in [0.15, 0.2) is 0 Å². The molecule has 1 aliphatic heterocycles. The lowest BCUT2D eigenvalue weighted by Crippen LogP contribution is -2.56. The van der Waals surface area contributed by atoms with Crippen molar-refractivity contribution in [1.82, 2.24) is 14.8 Å². The van der Waals surface area contributed by atoms with E-state index in [1.807, 2.05) is 17.9 Å². The number of hydrogen-bond donors (Lipinski definition) is 0. The van der Waals surface area contributed by atoms with Crippen LogP contribution in [0.3, 0.4) is 0 Å². The zero-order valence-corrected chi connectivity index (χ0v) is 15.7. The number of amides is 1. The van der Waals surface area contributed by atoms with E-state index < -0.39 is 5.60 Å². The molecule has 1 aromatic carbocycles. The van der Waals surface area contributed by atoms with Gasteiger partial charge < -0.3 is 9.64 Å². The maximum atomic E-state index is 12.9. The zero-order valence-electron chi connectivity index (χ0n) is 14.9. The van der Waals surface area contributed by atoms with Crippen molar-refractivity contribution in [3.63, 3.8) is 0 Å². The monoisotopic (exact) mass is 359 g/mol. The number of nitrogens with zero attached hydrogens (tertiary/aromatic N) is 3. The van der Waals surface area contributed by atoms with Crippen molar-refractivity contribution in [1.29, 1.82) is 0 Å². The van der Waals surface area contributed by atoms with Gasteiger partial charge in [-0.25, -0.2) is 4.98 Å². The molecular formula is C19H25N3O2S. The topological polar surface area (TPSA) is 45.7 Å². The van der Waals surface area contributed by atoms with Crippen LogP contribution in [0.15, 0.2) is 24.3 Å². The fraction of sp³-hybridized carbons (Fsp3) is 0.579. The van der Waals surface area contributed by atoms with Crippen LogP contribution in [-0.4, -0.2) is 59.6 Å². The Morgan fingerprint density at radius 3 is 2.64 bits per heavy atom. The number of rotatable bonds is 5. The van der Waals surface area contributed by atoms with Gasteiger partial charge in [-0.15, -0.1) is 11.3 Å². The molecule has 1 saturated heterocycles. The fourth-order valence-corrected chi connectivity index (χ4v) is 4.67. The Hall–Kier alpha value is -1.50. The number of ether oxygens (including phenoxy) is 1. The molecule has 0 N–H and O–H groups in total. The first-order valence-corrected chi connectivity index (χ1v) is 9.83. The summed E-state index contributed by atoms with van der Waals surface area (Å²) < 4.78 is 6.86. The van der Waals surface area contributed by atoms with E-state index in [1.165, 1.54) is 4.70 Å². The second-order valence-electron chi connectivity index (χ2n) is 7.23. The average molecular weight is 359 g/mol. The molecule has 0 radical (unpaired) electrons. The van der Waals surface area contributed by atoms with Crippen LogP contribution in [0.4, 0.5) is 0 Å². The highest BCUT2D eigenvalue weighted by molar-refractivity contribution is 7.18. The molecular weight excluding hydrogens is 334 g/mol. The highest BCUT2D eigenvalue weighted by atomic mass is 32.1. The number of aromatic nitrogens is 1. The van der Waals surface area contributed by atoms with Crippen LogP contribution in [0.5, 0.6) is 0 Å². The molecule has 1 atom stereocenters. The first kappa shape index (κ1) is 16.9. The standard InChI is InChI=1S/C19H25N3O2S/c1-19(24-2,14-7-8-14)18(23)22-11-9-21(10-12-22)13-17-20-15-5-3-4-6-16(15)25-17/h3-6,14H,7-13H2,1-2H3/t19-/m1/s1. The number of carbonyl (C=O) groups is 1. The largest absolute Gasteiger partial charge is 0.368 e. The van der Waals surface area contributed by atoms with Crippen LogP contribution in [-0.2, 0) is 16.1 Å². The maximum Gasteiger partial charge on any atom is 0.254 e. The smallest absolute Gasteiger partial charge is 0.254 e. The Balaban J connectivity index is 1.35. The SMILES string of the molecule is CO[C@@](C)(C(=O)N1CCN(Cc2nc3ccccc3s2)CC1)C1CC1. The highest BCUT2D eigenvalue weighted by Gasteiger charge is 2.49. The van der Waals surface area contributed by atoms with Crippen LogP contribution in [0.1, 0.15) is 24.8 Å². The number of benzene rings is 1. The van der Waals surface area contributed by atoms with Crippen molar-refractivity contribution < 1.29 is 9.53 Å². The molecule has 0 unspecified atom stereocenters. The molecule has 2 aliphatic rings. The van der Waals surface area contributed by atoms with Gasteiger partial charge in [0.25, 0.3) is 5.91 Å². The van der Waals surface area contributed by atoms with Crippen molar-refractivity contribution in [3.05, 3.63) is 29.3 Å². The van der Waals surface area contributed by atoms with Gasteiger partial charge in [0, 0.05) is 33.3 Å². The summed E-state index contributed by atoms with van der Waals surface area (Å²) in [5, 5.41) is 1.15. The molecule has 0 spiro atoms. The first-order chi connectivity index (χ1) is 12.1.